The summed E-state index contributed by atoms with van der Waals surface area (Å²) < 4.78 is 25.9. The molecule has 122 valence electrons. The highest BCUT2D eigenvalue weighted by molar-refractivity contribution is 5.76. The first-order valence-electron chi connectivity index (χ1n) is 7.75. The topological polar surface area (TPSA) is 29.1 Å². The van der Waals surface area contributed by atoms with Crippen LogP contribution < -0.4 is 5.32 Å². The molecule has 0 aromatic heterocycles. The Morgan fingerprint density at radius 2 is 1.48 bits per heavy atom. The molecule has 1 atom stereocenters. The molecule has 1 N–H and O–H groups in total. The van der Waals surface area contributed by atoms with Crippen LogP contribution in [-0.2, 0) is 11.2 Å². The van der Waals surface area contributed by atoms with Crippen molar-refractivity contribution in [1.29, 1.82) is 0 Å². The van der Waals surface area contributed by atoms with Crippen molar-refractivity contribution in [3.8, 4) is 0 Å². The lowest BCUT2D eigenvalue weighted by atomic mass is 9.95. The zero-order valence-corrected chi connectivity index (χ0v) is 13.4. The monoisotopic (exact) mass is 317 g/mol. The second kappa shape index (κ2) is 7.86. The molecule has 0 aliphatic carbocycles. The standard InChI is InChI=1S/C19H21F2NO/c1-13(2)19(15-6-10-17(21)11-7-15)22-18(23)12-5-14-3-8-16(20)9-4-14/h3-4,6-11,13,19H,5,12H2,1-2H3,(H,22,23). The minimum atomic E-state index is -0.293. The van der Waals surface area contributed by atoms with E-state index in [2.05, 4.69) is 5.32 Å². The summed E-state index contributed by atoms with van der Waals surface area (Å²) in [5.74, 6) is -0.458. The van der Waals surface area contributed by atoms with E-state index in [1.807, 2.05) is 13.8 Å². The van der Waals surface area contributed by atoms with E-state index < -0.39 is 0 Å². The normalized spacial score (nSPS) is 12.2. The molecule has 1 amide bonds. The van der Waals surface area contributed by atoms with E-state index in [1.54, 1.807) is 24.3 Å². The van der Waals surface area contributed by atoms with E-state index in [1.165, 1.54) is 24.3 Å². The van der Waals surface area contributed by atoms with Crippen molar-refractivity contribution in [2.45, 2.75) is 32.7 Å². The fraction of sp³-hybridized carbons (Fsp3) is 0.316. The summed E-state index contributed by atoms with van der Waals surface area (Å²) in [5, 5.41) is 3.00. The highest BCUT2D eigenvalue weighted by Gasteiger charge is 2.18. The molecule has 2 rings (SSSR count). The molecule has 1 unspecified atom stereocenters. The van der Waals surface area contributed by atoms with Gasteiger partial charge in [-0.3, -0.25) is 4.79 Å². The summed E-state index contributed by atoms with van der Waals surface area (Å²) in [5.41, 5.74) is 1.81. The predicted molar refractivity (Wildman–Crippen MR) is 86.8 cm³/mol. The second-order valence-electron chi connectivity index (χ2n) is 5.97. The van der Waals surface area contributed by atoms with Gasteiger partial charge in [-0.15, -0.1) is 0 Å². The Morgan fingerprint density at radius 3 is 2.00 bits per heavy atom. The van der Waals surface area contributed by atoms with Crippen LogP contribution in [0.5, 0.6) is 0 Å². The molecule has 0 heterocycles. The number of carbonyl (C=O) groups is 1. The Kier molecular flexibility index (Phi) is 5.85. The number of hydrogen-bond donors (Lipinski definition) is 1. The largest absolute Gasteiger partial charge is 0.349 e. The summed E-state index contributed by atoms with van der Waals surface area (Å²) in [7, 11) is 0. The van der Waals surface area contributed by atoms with E-state index in [9.17, 15) is 13.6 Å². The third kappa shape index (κ3) is 5.16. The number of halogens is 2. The van der Waals surface area contributed by atoms with Gasteiger partial charge in [0.1, 0.15) is 11.6 Å². The summed E-state index contributed by atoms with van der Waals surface area (Å²) in [4.78, 5) is 12.2. The van der Waals surface area contributed by atoms with Crippen LogP contribution in [-0.4, -0.2) is 5.91 Å². The highest BCUT2D eigenvalue weighted by atomic mass is 19.1. The van der Waals surface area contributed by atoms with E-state index in [4.69, 9.17) is 0 Å². The quantitative estimate of drug-likeness (QED) is 0.840. The highest BCUT2D eigenvalue weighted by Crippen LogP contribution is 2.22. The summed E-state index contributed by atoms with van der Waals surface area (Å²) in [6, 6.07) is 12.2. The van der Waals surface area contributed by atoms with Crippen molar-refractivity contribution < 1.29 is 13.6 Å². The van der Waals surface area contributed by atoms with Gasteiger partial charge in [0.15, 0.2) is 0 Å². The number of rotatable bonds is 6. The van der Waals surface area contributed by atoms with E-state index >= 15 is 0 Å². The first kappa shape index (κ1) is 17.1. The Labute approximate surface area is 135 Å². The molecule has 0 fully saturated rings. The van der Waals surface area contributed by atoms with Crippen molar-refractivity contribution in [3.63, 3.8) is 0 Å². The lowest BCUT2D eigenvalue weighted by Gasteiger charge is -2.23. The first-order valence-corrected chi connectivity index (χ1v) is 7.75. The number of amides is 1. The van der Waals surface area contributed by atoms with Gasteiger partial charge in [-0.2, -0.15) is 0 Å². The van der Waals surface area contributed by atoms with E-state index in [0.717, 1.165) is 11.1 Å². The molecule has 0 bridgehead atoms. The predicted octanol–water partition coefficient (Wildman–Crippen LogP) is 4.41. The van der Waals surface area contributed by atoms with Crippen molar-refractivity contribution in [1.82, 2.24) is 5.32 Å². The van der Waals surface area contributed by atoms with Gasteiger partial charge in [-0.25, -0.2) is 8.78 Å². The molecule has 4 heteroatoms. The lowest BCUT2D eigenvalue weighted by molar-refractivity contribution is -0.122. The Morgan fingerprint density at radius 1 is 0.957 bits per heavy atom. The summed E-state index contributed by atoms with van der Waals surface area (Å²) in [6.45, 7) is 4.02. The van der Waals surface area contributed by atoms with Gasteiger partial charge < -0.3 is 5.32 Å². The molecule has 2 nitrogen and oxygen atoms in total. The molecule has 0 radical (unpaired) electrons. The lowest BCUT2D eigenvalue weighted by Crippen LogP contribution is -2.31. The smallest absolute Gasteiger partial charge is 0.220 e. The number of carbonyl (C=O) groups excluding carboxylic acids is 1. The Bertz CT molecular complexity index is 635. The minimum absolute atomic E-state index is 0.0719. The maximum absolute atomic E-state index is 13.0. The van der Waals surface area contributed by atoms with Crippen LogP contribution in [0, 0.1) is 17.6 Å². The zero-order chi connectivity index (χ0) is 16.8. The fourth-order valence-corrected chi connectivity index (χ4v) is 2.46. The van der Waals surface area contributed by atoms with Gasteiger partial charge in [0.05, 0.1) is 6.04 Å². The van der Waals surface area contributed by atoms with Gasteiger partial charge in [0.2, 0.25) is 5.91 Å². The van der Waals surface area contributed by atoms with Gasteiger partial charge in [-0.1, -0.05) is 38.1 Å². The van der Waals surface area contributed by atoms with Crippen LogP contribution in [0.2, 0.25) is 0 Å². The van der Waals surface area contributed by atoms with Crippen LogP contribution in [0.1, 0.15) is 37.4 Å². The summed E-state index contributed by atoms with van der Waals surface area (Å²) >= 11 is 0. The van der Waals surface area contributed by atoms with Crippen LogP contribution in [0.25, 0.3) is 0 Å². The van der Waals surface area contributed by atoms with E-state index in [0.29, 0.717) is 12.8 Å². The Balaban J connectivity index is 1.95. The SMILES string of the molecule is CC(C)C(NC(=O)CCc1ccc(F)cc1)c1ccc(F)cc1. The van der Waals surface area contributed by atoms with Crippen molar-refractivity contribution >= 4 is 5.91 Å². The summed E-state index contributed by atoms with van der Waals surface area (Å²) in [6.07, 6.45) is 0.885. The van der Waals surface area contributed by atoms with Crippen LogP contribution in [0.4, 0.5) is 8.78 Å². The third-order valence-electron chi connectivity index (χ3n) is 3.77. The minimum Gasteiger partial charge on any atom is -0.349 e. The number of hydrogen-bond acceptors (Lipinski definition) is 1. The molecule has 0 aliphatic rings. The van der Waals surface area contributed by atoms with Crippen molar-refractivity contribution in [3.05, 3.63) is 71.3 Å². The molecule has 0 aliphatic heterocycles. The number of benzene rings is 2. The van der Waals surface area contributed by atoms with Crippen LogP contribution in [0.15, 0.2) is 48.5 Å². The van der Waals surface area contributed by atoms with Crippen LogP contribution in [0.3, 0.4) is 0 Å². The first-order chi connectivity index (χ1) is 11.0. The molecule has 23 heavy (non-hydrogen) atoms. The van der Waals surface area contributed by atoms with Gasteiger partial charge >= 0.3 is 0 Å². The average molecular weight is 317 g/mol. The zero-order valence-electron chi connectivity index (χ0n) is 13.4. The Hall–Kier alpha value is -2.23. The molecule has 0 spiro atoms. The molecular formula is C19H21F2NO. The fourth-order valence-electron chi connectivity index (χ4n) is 2.46. The van der Waals surface area contributed by atoms with Crippen LogP contribution >= 0.6 is 0 Å². The number of aryl methyl sites for hydroxylation is 1. The molecule has 0 saturated heterocycles. The van der Waals surface area contributed by atoms with Crippen molar-refractivity contribution in [2.24, 2.45) is 5.92 Å². The van der Waals surface area contributed by atoms with Gasteiger partial charge in [0.25, 0.3) is 0 Å². The molecule has 2 aromatic carbocycles. The number of nitrogens with one attached hydrogen (secondary N) is 1. The third-order valence-corrected chi connectivity index (χ3v) is 3.77. The molecular weight excluding hydrogens is 296 g/mol. The van der Waals surface area contributed by atoms with Crippen molar-refractivity contribution in [2.75, 3.05) is 0 Å². The maximum Gasteiger partial charge on any atom is 0.220 e. The maximum atomic E-state index is 13.0. The second-order valence-corrected chi connectivity index (χ2v) is 5.97. The average Bonchev–Trinajstić information content (AvgIpc) is 2.53. The molecule has 0 saturated carbocycles. The van der Waals surface area contributed by atoms with E-state index in [-0.39, 0.29) is 29.5 Å². The van der Waals surface area contributed by atoms with Gasteiger partial charge in [-0.05, 0) is 47.7 Å². The molecule has 2 aromatic rings. The van der Waals surface area contributed by atoms with Gasteiger partial charge in [0, 0.05) is 6.42 Å².